The zero-order valence-corrected chi connectivity index (χ0v) is 12.2. The number of nitrogens with zero attached hydrogens (tertiary/aromatic N) is 2. The molecule has 0 aliphatic carbocycles. The van der Waals surface area contributed by atoms with Crippen molar-refractivity contribution in [2.24, 2.45) is 0 Å². The van der Waals surface area contributed by atoms with Gasteiger partial charge in [-0.3, -0.25) is 9.97 Å². The largest absolute Gasteiger partial charge is 0.353 e. The molecule has 0 atom stereocenters. The summed E-state index contributed by atoms with van der Waals surface area (Å²) in [5.74, 6) is 0. The lowest BCUT2D eigenvalue weighted by Gasteiger charge is -2.04. The van der Waals surface area contributed by atoms with Crippen molar-refractivity contribution in [2.75, 3.05) is 0 Å². The summed E-state index contributed by atoms with van der Waals surface area (Å²) in [6.45, 7) is 2.01. The lowest BCUT2D eigenvalue weighted by atomic mass is 10.0. The molecule has 3 heterocycles. The van der Waals surface area contributed by atoms with Crippen molar-refractivity contribution in [1.82, 2.24) is 15.0 Å². The third-order valence-electron chi connectivity index (χ3n) is 3.85. The number of hydrogen-bond donors (Lipinski definition) is 1. The average molecular weight is 285 g/mol. The minimum Gasteiger partial charge on any atom is -0.353 e. The Kier molecular flexibility index (Phi) is 2.97. The molecule has 0 aliphatic rings. The van der Waals surface area contributed by atoms with Gasteiger partial charge in [0, 0.05) is 29.2 Å². The highest BCUT2D eigenvalue weighted by Crippen LogP contribution is 2.26. The van der Waals surface area contributed by atoms with Crippen LogP contribution in [0.2, 0.25) is 0 Å². The van der Waals surface area contributed by atoms with E-state index in [1.165, 1.54) is 22.1 Å². The van der Waals surface area contributed by atoms with Crippen LogP contribution in [0.25, 0.3) is 33.3 Å². The molecule has 0 bridgehead atoms. The number of aromatic amines is 1. The fourth-order valence-corrected chi connectivity index (χ4v) is 2.70. The maximum Gasteiger partial charge on any atom is 0.0645 e. The van der Waals surface area contributed by atoms with Crippen molar-refractivity contribution in [2.45, 2.75) is 6.92 Å². The number of hydrogen-bond acceptors (Lipinski definition) is 2. The molecule has 4 aromatic rings. The normalized spacial score (nSPS) is 11.0. The van der Waals surface area contributed by atoms with Gasteiger partial charge in [0.25, 0.3) is 0 Å². The van der Waals surface area contributed by atoms with Crippen LogP contribution in [0.4, 0.5) is 0 Å². The van der Waals surface area contributed by atoms with Crippen molar-refractivity contribution in [1.29, 1.82) is 0 Å². The van der Waals surface area contributed by atoms with Crippen LogP contribution in [-0.4, -0.2) is 15.0 Å². The van der Waals surface area contributed by atoms with E-state index in [1.54, 1.807) is 0 Å². The van der Waals surface area contributed by atoms with E-state index < -0.39 is 0 Å². The molecule has 0 spiro atoms. The molecule has 0 saturated heterocycles. The number of aromatic nitrogens is 3. The van der Waals surface area contributed by atoms with Gasteiger partial charge < -0.3 is 4.98 Å². The minimum absolute atomic E-state index is 1.03. The number of H-pyrrole nitrogens is 1. The maximum absolute atomic E-state index is 4.24. The molecule has 0 amide bonds. The molecule has 0 aliphatic heterocycles. The van der Waals surface area contributed by atoms with E-state index in [-0.39, 0.29) is 0 Å². The predicted octanol–water partition coefficient (Wildman–Crippen LogP) is 4.60. The Morgan fingerprint density at radius 2 is 1.64 bits per heavy atom. The fourth-order valence-electron chi connectivity index (χ4n) is 2.70. The molecule has 0 unspecified atom stereocenters. The summed E-state index contributed by atoms with van der Waals surface area (Å²) in [4.78, 5) is 11.8. The van der Waals surface area contributed by atoms with E-state index in [4.69, 9.17) is 0 Å². The van der Waals surface area contributed by atoms with Gasteiger partial charge in [-0.05, 0) is 47.9 Å². The molecule has 1 aromatic carbocycles. The third-order valence-corrected chi connectivity index (χ3v) is 3.85. The quantitative estimate of drug-likeness (QED) is 0.584. The summed E-state index contributed by atoms with van der Waals surface area (Å²) in [5.41, 5.74) is 6.77. The lowest BCUT2D eigenvalue weighted by molar-refractivity contribution is 1.20. The number of benzene rings is 1. The molecule has 1 N–H and O–H groups in total. The van der Waals surface area contributed by atoms with Gasteiger partial charge in [0.1, 0.15) is 0 Å². The highest BCUT2D eigenvalue weighted by atomic mass is 14.7. The molecule has 3 heteroatoms. The van der Waals surface area contributed by atoms with Crippen LogP contribution in [0.15, 0.2) is 67.1 Å². The van der Waals surface area contributed by atoms with Crippen LogP contribution in [-0.2, 0) is 0 Å². The molecule has 0 radical (unpaired) electrons. The Bertz CT molecular complexity index is 903. The van der Waals surface area contributed by atoms with Crippen LogP contribution in [0.5, 0.6) is 0 Å². The predicted molar refractivity (Wildman–Crippen MR) is 89.5 cm³/mol. The van der Waals surface area contributed by atoms with Crippen molar-refractivity contribution in [3.05, 3.63) is 72.8 Å². The summed E-state index contributed by atoms with van der Waals surface area (Å²) >= 11 is 0. The van der Waals surface area contributed by atoms with E-state index in [0.29, 0.717) is 0 Å². The Morgan fingerprint density at radius 1 is 0.818 bits per heavy atom. The van der Waals surface area contributed by atoms with E-state index in [9.17, 15) is 0 Å². The monoisotopic (exact) mass is 285 g/mol. The van der Waals surface area contributed by atoms with Gasteiger partial charge in [-0.25, -0.2) is 0 Å². The second-order valence-corrected chi connectivity index (χ2v) is 5.41. The molecule has 106 valence electrons. The number of pyridine rings is 2. The summed E-state index contributed by atoms with van der Waals surface area (Å²) < 4.78 is 0. The summed E-state index contributed by atoms with van der Waals surface area (Å²) in [6.07, 6.45) is 5.52. The summed E-state index contributed by atoms with van der Waals surface area (Å²) in [5, 5.41) is 1.18. The van der Waals surface area contributed by atoms with Crippen LogP contribution in [0.3, 0.4) is 0 Å². The van der Waals surface area contributed by atoms with Crippen LogP contribution >= 0.6 is 0 Å². The Hall–Kier alpha value is -2.94. The number of aryl methyl sites for hydroxylation is 1. The highest BCUT2D eigenvalue weighted by Gasteiger charge is 2.04. The van der Waals surface area contributed by atoms with Crippen molar-refractivity contribution < 1.29 is 0 Å². The van der Waals surface area contributed by atoms with Crippen LogP contribution in [0, 0.1) is 6.92 Å². The van der Waals surface area contributed by atoms with E-state index in [2.05, 4.69) is 51.4 Å². The van der Waals surface area contributed by atoms with Crippen LogP contribution < -0.4 is 0 Å². The topological polar surface area (TPSA) is 41.6 Å². The summed E-state index contributed by atoms with van der Waals surface area (Å²) in [6, 6.07) is 16.9. The molecular formula is C19H15N3. The first kappa shape index (κ1) is 12.8. The van der Waals surface area contributed by atoms with Gasteiger partial charge in [0.05, 0.1) is 11.7 Å². The SMILES string of the molecule is Cc1cc(-c2ccc(-c3cc4ccncc4[nH]3)cc2)ccn1. The molecule has 0 fully saturated rings. The Balaban J connectivity index is 1.72. The molecular weight excluding hydrogens is 270 g/mol. The van der Waals surface area contributed by atoms with E-state index in [0.717, 1.165) is 16.9 Å². The molecule has 22 heavy (non-hydrogen) atoms. The number of nitrogens with one attached hydrogen (secondary N) is 1. The first-order valence-corrected chi connectivity index (χ1v) is 7.26. The second-order valence-electron chi connectivity index (χ2n) is 5.41. The Labute approximate surface area is 128 Å². The first-order chi connectivity index (χ1) is 10.8. The second kappa shape index (κ2) is 5.11. The third kappa shape index (κ3) is 2.27. The molecule has 3 nitrogen and oxygen atoms in total. The van der Waals surface area contributed by atoms with Crippen molar-refractivity contribution in [3.63, 3.8) is 0 Å². The number of rotatable bonds is 2. The highest BCUT2D eigenvalue weighted by molar-refractivity contribution is 5.85. The lowest BCUT2D eigenvalue weighted by Crippen LogP contribution is -1.83. The van der Waals surface area contributed by atoms with Gasteiger partial charge in [-0.2, -0.15) is 0 Å². The van der Waals surface area contributed by atoms with Crippen molar-refractivity contribution in [3.8, 4) is 22.4 Å². The standard InChI is InChI=1S/C19H15N3/c1-13-10-16(7-9-21-13)14-2-4-15(5-3-14)18-11-17-6-8-20-12-19(17)22-18/h2-12,22H,1H3. The van der Waals surface area contributed by atoms with E-state index in [1.807, 2.05) is 37.6 Å². The minimum atomic E-state index is 1.03. The zero-order valence-electron chi connectivity index (χ0n) is 12.2. The van der Waals surface area contributed by atoms with E-state index >= 15 is 0 Å². The van der Waals surface area contributed by atoms with Crippen LogP contribution in [0.1, 0.15) is 5.69 Å². The molecule has 3 aromatic heterocycles. The zero-order chi connectivity index (χ0) is 14.9. The molecule has 4 rings (SSSR count). The van der Waals surface area contributed by atoms with Gasteiger partial charge in [0.15, 0.2) is 0 Å². The smallest absolute Gasteiger partial charge is 0.0645 e. The van der Waals surface area contributed by atoms with Gasteiger partial charge in [0.2, 0.25) is 0 Å². The number of fused-ring (bicyclic) bond motifs is 1. The fraction of sp³-hybridized carbons (Fsp3) is 0.0526. The average Bonchev–Trinajstić information content (AvgIpc) is 2.99. The summed E-state index contributed by atoms with van der Waals surface area (Å²) in [7, 11) is 0. The Morgan fingerprint density at radius 3 is 2.41 bits per heavy atom. The van der Waals surface area contributed by atoms with Gasteiger partial charge >= 0.3 is 0 Å². The van der Waals surface area contributed by atoms with Gasteiger partial charge in [-0.1, -0.05) is 24.3 Å². The van der Waals surface area contributed by atoms with Crippen molar-refractivity contribution >= 4 is 10.9 Å². The van der Waals surface area contributed by atoms with Gasteiger partial charge in [-0.15, -0.1) is 0 Å². The first-order valence-electron chi connectivity index (χ1n) is 7.26. The molecule has 0 saturated carbocycles. The maximum atomic E-state index is 4.24.